The van der Waals surface area contributed by atoms with Gasteiger partial charge < -0.3 is 14.4 Å². The van der Waals surface area contributed by atoms with Crippen LogP contribution in [0.5, 0.6) is 11.5 Å². The summed E-state index contributed by atoms with van der Waals surface area (Å²) in [5.41, 5.74) is 2.58. The molecule has 0 saturated carbocycles. The first-order valence-electron chi connectivity index (χ1n) is 10.8. The smallest absolute Gasteiger partial charge is 0.282 e. The summed E-state index contributed by atoms with van der Waals surface area (Å²) >= 11 is 0. The van der Waals surface area contributed by atoms with Crippen LogP contribution in [-0.4, -0.2) is 32.6 Å². The average Bonchev–Trinajstić information content (AvgIpc) is 3.12. The zero-order valence-electron chi connectivity index (χ0n) is 18.9. The summed E-state index contributed by atoms with van der Waals surface area (Å²) in [6.07, 6.45) is 0.904. The van der Waals surface area contributed by atoms with Crippen molar-refractivity contribution < 1.29 is 19.1 Å². The molecule has 6 heteroatoms. The van der Waals surface area contributed by atoms with E-state index in [1.165, 1.54) is 4.90 Å². The monoisotopic (exact) mass is 442 g/mol. The molecule has 4 rings (SSSR count). The predicted octanol–water partition coefficient (Wildman–Crippen LogP) is 4.90. The summed E-state index contributed by atoms with van der Waals surface area (Å²) in [7, 11) is 3.34. The van der Waals surface area contributed by atoms with Crippen LogP contribution in [0, 0.1) is 0 Å². The second-order valence-corrected chi connectivity index (χ2v) is 7.64. The summed E-state index contributed by atoms with van der Waals surface area (Å²) in [5, 5.41) is 0. The van der Waals surface area contributed by atoms with E-state index in [1.54, 1.807) is 43.3 Å². The van der Waals surface area contributed by atoms with Crippen LogP contribution in [0.1, 0.15) is 18.9 Å². The van der Waals surface area contributed by atoms with Crippen molar-refractivity contribution >= 4 is 28.8 Å². The third-order valence-electron chi connectivity index (χ3n) is 5.47. The van der Waals surface area contributed by atoms with Gasteiger partial charge in [-0.15, -0.1) is 0 Å². The Hall–Kier alpha value is -4.06. The molecule has 0 spiro atoms. The Bertz CT molecular complexity index is 1190. The summed E-state index contributed by atoms with van der Waals surface area (Å²) in [6, 6.07) is 23.7. The molecule has 33 heavy (non-hydrogen) atoms. The van der Waals surface area contributed by atoms with Crippen molar-refractivity contribution in [1.82, 2.24) is 0 Å². The van der Waals surface area contributed by atoms with Crippen LogP contribution in [0.25, 0.3) is 5.57 Å². The van der Waals surface area contributed by atoms with E-state index < -0.39 is 0 Å². The molecule has 3 aromatic rings. The maximum atomic E-state index is 13.7. The number of likely N-dealkylation sites (N-methyl/N-ethyl adjacent to an activating group) is 1. The first-order chi connectivity index (χ1) is 16.0. The Morgan fingerprint density at radius 2 is 1.58 bits per heavy atom. The van der Waals surface area contributed by atoms with Crippen molar-refractivity contribution in [2.75, 3.05) is 30.6 Å². The second kappa shape index (κ2) is 9.61. The lowest BCUT2D eigenvalue weighted by Gasteiger charge is -2.21. The highest BCUT2D eigenvalue weighted by Gasteiger charge is 2.42. The van der Waals surface area contributed by atoms with Gasteiger partial charge in [0.25, 0.3) is 11.8 Å². The summed E-state index contributed by atoms with van der Waals surface area (Å²) in [5.74, 6) is 0.520. The van der Waals surface area contributed by atoms with Crippen molar-refractivity contribution in [2.45, 2.75) is 13.3 Å². The van der Waals surface area contributed by atoms with Gasteiger partial charge in [-0.2, -0.15) is 0 Å². The topological polar surface area (TPSA) is 59.1 Å². The van der Waals surface area contributed by atoms with Gasteiger partial charge in [-0.05, 0) is 48.4 Å². The molecule has 1 aliphatic rings. The molecule has 0 fully saturated rings. The number of nitrogens with zero attached hydrogens (tertiary/aromatic N) is 2. The quantitative estimate of drug-likeness (QED) is 0.464. The standard InChI is InChI=1S/C27H26N2O4/c1-4-17-33-22-15-13-19(14-16-22)24-25(28(2)20-9-6-5-7-10-20)27(31)29(26(24)30)21-11-8-12-23(18-21)32-3/h5-16,18H,4,17H2,1-3H3. The van der Waals surface area contributed by atoms with Crippen molar-refractivity contribution in [3.63, 3.8) is 0 Å². The van der Waals surface area contributed by atoms with Gasteiger partial charge >= 0.3 is 0 Å². The van der Waals surface area contributed by atoms with E-state index in [2.05, 4.69) is 0 Å². The van der Waals surface area contributed by atoms with Crippen LogP contribution < -0.4 is 19.3 Å². The number of hydrogen-bond acceptors (Lipinski definition) is 5. The zero-order valence-corrected chi connectivity index (χ0v) is 18.9. The van der Waals surface area contributed by atoms with Crippen LogP contribution in [0.2, 0.25) is 0 Å². The van der Waals surface area contributed by atoms with E-state index in [0.29, 0.717) is 34.9 Å². The third kappa shape index (κ3) is 4.32. The van der Waals surface area contributed by atoms with Crippen LogP contribution in [0.3, 0.4) is 0 Å². The summed E-state index contributed by atoms with van der Waals surface area (Å²) in [4.78, 5) is 30.3. The molecule has 0 aromatic heterocycles. The zero-order chi connectivity index (χ0) is 23.4. The normalized spacial score (nSPS) is 13.5. The maximum Gasteiger partial charge on any atom is 0.282 e. The number of methoxy groups -OCH3 is 1. The Labute approximate surface area is 193 Å². The largest absolute Gasteiger partial charge is 0.497 e. The molecule has 1 heterocycles. The molecule has 0 radical (unpaired) electrons. The lowest BCUT2D eigenvalue weighted by atomic mass is 10.0. The van der Waals surface area contributed by atoms with Crippen LogP contribution in [0.4, 0.5) is 11.4 Å². The molecular weight excluding hydrogens is 416 g/mol. The van der Waals surface area contributed by atoms with Crippen molar-refractivity contribution in [3.8, 4) is 11.5 Å². The molecule has 168 valence electrons. The van der Waals surface area contributed by atoms with E-state index in [1.807, 2.05) is 61.5 Å². The third-order valence-corrected chi connectivity index (χ3v) is 5.47. The fourth-order valence-corrected chi connectivity index (χ4v) is 3.79. The van der Waals surface area contributed by atoms with Crippen LogP contribution in [-0.2, 0) is 9.59 Å². The van der Waals surface area contributed by atoms with Crippen LogP contribution >= 0.6 is 0 Å². The summed E-state index contributed by atoms with van der Waals surface area (Å²) in [6.45, 7) is 2.66. The van der Waals surface area contributed by atoms with E-state index in [4.69, 9.17) is 9.47 Å². The van der Waals surface area contributed by atoms with E-state index >= 15 is 0 Å². The molecule has 0 aliphatic carbocycles. The Morgan fingerprint density at radius 3 is 2.24 bits per heavy atom. The first kappa shape index (κ1) is 22.1. The number of para-hydroxylation sites is 1. The number of carbonyl (C=O) groups is 2. The molecule has 0 bridgehead atoms. The van der Waals surface area contributed by atoms with Crippen LogP contribution in [0.15, 0.2) is 84.6 Å². The maximum absolute atomic E-state index is 13.7. The minimum atomic E-state index is -0.388. The number of rotatable bonds is 8. The fourth-order valence-electron chi connectivity index (χ4n) is 3.79. The molecule has 3 aromatic carbocycles. The molecular formula is C27H26N2O4. The molecule has 2 amide bonds. The fraction of sp³-hybridized carbons (Fsp3) is 0.185. The number of amides is 2. The molecule has 6 nitrogen and oxygen atoms in total. The molecule has 0 saturated heterocycles. The first-order valence-corrected chi connectivity index (χ1v) is 10.8. The highest BCUT2D eigenvalue weighted by molar-refractivity contribution is 6.46. The van der Waals surface area contributed by atoms with Gasteiger partial charge in [0.2, 0.25) is 0 Å². The number of anilines is 2. The highest BCUT2D eigenvalue weighted by atomic mass is 16.5. The predicted molar refractivity (Wildman–Crippen MR) is 129 cm³/mol. The second-order valence-electron chi connectivity index (χ2n) is 7.64. The number of carbonyl (C=O) groups excluding carboxylic acids is 2. The van der Waals surface area contributed by atoms with E-state index in [9.17, 15) is 9.59 Å². The lowest BCUT2D eigenvalue weighted by Crippen LogP contribution is -2.34. The molecule has 0 unspecified atom stereocenters. The lowest BCUT2D eigenvalue weighted by molar-refractivity contribution is -0.120. The van der Waals surface area contributed by atoms with Crippen molar-refractivity contribution in [1.29, 1.82) is 0 Å². The minimum Gasteiger partial charge on any atom is -0.497 e. The van der Waals surface area contributed by atoms with Gasteiger partial charge in [0.05, 0.1) is 25.0 Å². The summed E-state index contributed by atoms with van der Waals surface area (Å²) < 4.78 is 11.0. The van der Waals surface area contributed by atoms with Gasteiger partial charge in [0, 0.05) is 18.8 Å². The number of ether oxygens (including phenoxy) is 2. The van der Waals surface area contributed by atoms with Crippen molar-refractivity contribution in [2.24, 2.45) is 0 Å². The SMILES string of the molecule is CCCOc1ccc(C2=C(N(C)c3ccccc3)C(=O)N(c3cccc(OC)c3)C2=O)cc1. The average molecular weight is 443 g/mol. The minimum absolute atomic E-state index is 0.316. The highest BCUT2D eigenvalue weighted by Crippen LogP contribution is 2.37. The van der Waals surface area contributed by atoms with Crippen molar-refractivity contribution in [3.05, 3.63) is 90.1 Å². The van der Waals surface area contributed by atoms with Gasteiger partial charge in [-0.1, -0.05) is 43.3 Å². The number of imide groups is 1. The van der Waals surface area contributed by atoms with E-state index in [-0.39, 0.29) is 11.8 Å². The number of hydrogen-bond donors (Lipinski definition) is 0. The van der Waals surface area contributed by atoms with Gasteiger partial charge in [0.1, 0.15) is 17.2 Å². The Morgan fingerprint density at radius 1 is 0.848 bits per heavy atom. The Kier molecular flexibility index (Phi) is 6.45. The molecule has 0 atom stereocenters. The van der Waals surface area contributed by atoms with Gasteiger partial charge in [-0.25, -0.2) is 4.90 Å². The molecule has 1 aliphatic heterocycles. The van der Waals surface area contributed by atoms with Gasteiger partial charge in [-0.3, -0.25) is 9.59 Å². The Balaban J connectivity index is 1.80. The van der Waals surface area contributed by atoms with E-state index in [0.717, 1.165) is 17.9 Å². The number of benzene rings is 3. The van der Waals surface area contributed by atoms with Gasteiger partial charge in [0.15, 0.2) is 0 Å². The molecule has 0 N–H and O–H groups in total.